The fraction of sp³-hybridized carbons (Fsp3) is 0.500. The van der Waals surface area contributed by atoms with Gasteiger partial charge in [-0.2, -0.15) is 4.68 Å². The zero-order chi connectivity index (χ0) is 16.4. The Hall–Kier alpha value is -2.44. The van der Waals surface area contributed by atoms with Crippen molar-refractivity contribution in [3.8, 4) is 11.5 Å². The van der Waals surface area contributed by atoms with Gasteiger partial charge in [0.15, 0.2) is 0 Å². The highest BCUT2D eigenvalue weighted by molar-refractivity contribution is 5.76. The van der Waals surface area contributed by atoms with E-state index in [1.165, 1.54) is 0 Å². The topological polar surface area (TPSA) is 81.2 Å². The lowest BCUT2D eigenvalue weighted by molar-refractivity contribution is -0.134. The SMILES string of the molecule is C[C@@H]1C[C@H](C)CN(C(=O)Cn2nc(-c3cccnc3)oc2=O)C1. The third-order valence-corrected chi connectivity index (χ3v) is 4.02. The minimum atomic E-state index is -0.629. The summed E-state index contributed by atoms with van der Waals surface area (Å²) in [7, 11) is 0. The molecule has 122 valence electrons. The smallest absolute Gasteiger partial charge is 0.388 e. The Morgan fingerprint density at radius 2 is 2.09 bits per heavy atom. The van der Waals surface area contributed by atoms with Crippen LogP contribution >= 0.6 is 0 Å². The van der Waals surface area contributed by atoms with Crippen LogP contribution in [0.2, 0.25) is 0 Å². The largest absolute Gasteiger partial charge is 0.437 e. The summed E-state index contributed by atoms with van der Waals surface area (Å²) in [5.74, 6) is 0.397. The molecule has 0 aromatic carbocycles. The van der Waals surface area contributed by atoms with Gasteiger partial charge < -0.3 is 9.32 Å². The first-order valence-corrected chi connectivity index (χ1v) is 7.79. The molecule has 0 radical (unpaired) electrons. The molecule has 2 aromatic rings. The monoisotopic (exact) mass is 316 g/mol. The van der Waals surface area contributed by atoms with Crippen molar-refractivity contribution >= 4 is 5.91 Å². The predicted octanol–water partition coefficient (Wildman–Crippen LogP) is 1.40. The molecule has 1 fully saturated rings. The maximum absolute atomic E-state index is 12.4. The van der Waals surface area contributed by atoms with Crippen molar-refractivity contribution in [1.82, 2.24) is 19.7 Å². The molecule has 0 saturated carbocycles. The van der Waals surface area contributed by atoms with Gasteiger partial charge in [0.1, 0.15) is 6.54 Å². The number of hydrogen-bond donors (Lipinski definition) is 0. The summed E-state index contributed by atoms with van der Waals surface area (Å²) in [6.45, 7) is 5.63. The van der Waals surface area contributed by atoms with Crippen LogP contribution in [0.15, 0.2) is 33.7 Å². The Morgan fingerprint density at radius 1 is 1.35 bits per heavy atom. The highest BCUT2D eigenvalue weighted by Crippen LogP contribution is 2.21. The maximum atomic E-state index is 12.4. The van der Waals surface area contributed by atoms with Crippen molar-refractivity contribution in [3.63, 3.8) is 0 Å². The summed E-state index contributed by atoms with van der Waals surface area (Å²) in [6.07, 6.45) is 4.31. The number of hydrogen-bond acceptors (Lipinski definition) is 5. The van der Waals surface area contributed by atoms with E-state index < -0.39 is 5.76 Å². The molecule has 23 heavy (non-hydrogen) atoms. The van der Waals surface area contributed by atoms with Crippen molar-refractivity contribution < 1.29 is 9.21 Å². The zero-order valence-electron chi connectivity index (χ0n) is 13.3. The highest BCUT2D eigenvalue weighted by Gasteiger charge is 2.26. The molecule has 3 rings (SSSR count). The lowest BCUT2D eigenvalue weighted by Crippen LogP contribution is -2.44. The lowest BCUT2D eigenvalue weighted by atomic mass is 9.92. The first-order valence-electron chi connectivity index (χ1n) is 7.79. The van der Waals surface area contributed by atoms with E-state index in [2.05, 4.69) is 23.9 Å². The molecule has 0 aliphatic carbocycles. The maximum Gasteiger partial charge on any atom is 0.437 e. The third kappa shape index (κ3) is 3.49. The number of amides is 1. The summed E-state index contributed by atoms with van der Waals surface area (Å²) in [5, 5.41) is 4.10. The number of nitrogens with zero attached hydrogens (tertiary/aromatic N) is 4. The summed E-state index contributed by atoms with van der Waals surface area (Å²) >= 11 is 0. The number of rotatable bonds is 3. The second-order valence-electron chi connectivity index (χ2n) is 6.32. The Morgan fingerprint density at radius 3 is 2.74 bits per heavy atom. The lowest BCUT2D eigenvalue weighted by Gasteiger charge is -2.34. The molecule has 3 heterocycles. The van der Waals surface area contributed by atoms with Crippen molar-refractivity contribution in [2.24, 2.45) is 11.8 Å². The fourth-order valence-electron chi connectivity index (χ4n) is 3.11. The van der Waals surface area contributed by atoms with Gasteiger partial charge in [-0.25, -0.2) is 4.79 Å². The molecule has 1 saturated heterocycles. The van der Waals surface area contributed by atoms with Gasteiger partial charge in [-0.15, -0.1) is 5.10 Å². The van der Waals surface area contributed by atoms with Crippen LogP contribution in [0.5, 0.6) is 0 Å². The van der Waals surface area contributed by atoms with E-state index in [0.29, 0.717) is 17.4 Å². The molecular formula is C16H20N4O3. The van der Waals surface area contributed by atoms with E-state index in [4.69, 9.17) is 4.42 Å². The Bertz CT molecular complexity index is 727. The van der Waals surface area contributed by atoms with Crippen LogP contribution in [-0.4, -0.2) is 38.7 Å². The van der Waals surface area contributed by atoms with Gasteiger partial charge in [-0.1, -0.05) is 13.8 Å². The summed E-state index contributed by atoms with van der Waals surface area (Å²) in [4.78, 5) is 30.1. The van der Waals surface area contributed by atoms with E-state index in [-0.39, 0.29) is 18.3 Å². The Labute approximate surface area is 133 Å². The molecular weight excluding hydrogens is 296 g/mol. The number of piperidine rings is 1. The van der Waals surface area contributed by atoms with Gasteiger partial charge in [-0.05, 0) is 30.4 Å². The van der Waals surface area contributed by atoms with Crippen molar-refractivity contribution in [2.45, 2.75) is 26.8 Å². The Balaban J connectivity index is 1.74. The average Bonchev–Trinajstić information content (AvgIpc) is 2.88. The number of likely N-dealkylation sites (tertiary alicyclic amines) is 1. The molecule has 2 atom stereocenters. The van der Waals surface area contributed by atoms with Crippen LogP contribution in [0.1, 0.15) is 20.3 Å². The van der Waals surface area contributed by atoms with Gasteiger partial charge in [0.2, 0.25) is 5.91 Å². The zero-order valence-corrected chi connectivity index (χ0v) is 13.3. The van der Waals surface area contributed by atoms with Crippen LogP contribution in [0.4, 0.5) is 0 Å². The average molecular weight is 316 g/mol. The highest BCUT2D eigenvalue weighted by atomic mass is 16.4. The second kappa shape index (κ2) is 6.36. The van der Waals surface area contributed by atoms with Crippen LogP contribution < -0.4 is 5.76 Å². The minimum absolute atomic E-state index is 0.0952. The van der Waals surface area contributed by atoms with E-state index in [0.717, 1.165) is 24.2 Å². The van der Waals surface area contributed by atoms with E-state index in [1.54, 1.807) is 24.5 Å². The fourth-order valence-corrected chi connectivity index (χ4v) is 3.11. The van der Waals surface area contributed by atoms with Crippen molar-refractivity contribution in [3.05, 3.63) is 35.1 Å². The van der Waals surface area contributed by atoms with Crippen molar-refractivity contribution in [2.75, 3.05) is 13.1 Å². The normalized spacial score (nSPS) is 21.4. The molecule has 1 aliphatic rings. The predicted molar refractivity (Wildman–Crippen MR) is 83.5 cm³/mol. The quantitative estimate of drug-likeness (QED) is 0.855. The van der Waals surface area contributed by atoms with Crippen LogP contribution in [0.3, 0.4) is 0 Å². The van der Waals surface area contributed by atoms with E-state index in [9.17, 15) is 9.59 Å². The molecule has 7 nitrogen and oxygen atoms in total. The van der Waals surface area contributed by atoms with Crippen LogP contribution in [0, 0.1) is 11.8 Å². The number of carbonyl (C=O) groups excluding carboxylic acids is 1. The first-order chi connectivity index (χ1) is 11.0. The molecule has 1 aliphatic heterocycles. The standard InChI is InChI=1S/C16H20N4O3/c1-11-6-12(2)9-19(8-11)14(21)10-20-16(22)23-15(18-20)13-4-3-5-17-7-13/h3-5,7,11-12H,6,8-10H2,1-2H3/t11-,12+. The molecule has 1 amide bonds. The van der Waals surface area contributed by atoms with E-state index in [1.807, 2.05) is 4.90 Å². The van der Waals surface area contributed by atoms with Crippen LogP contribution in [-0.2, 0) is 11.3 Å². The summed E-state index contributed by atoms with van der Waals surface area (Å²) in [5.41, 5.74) is 0.607. The molecule has 2 aromatic heterocycles. The van der Waals surface area contributed by atoms with Gasteiger partial charge in [0.25, 0.3) is 5.89 Å². The second-order valence-corrected chi connectivity index (χ2v) is 6.32. The Kier molecular flexibility index (Phi) is 4.27. The molecule has 0 N–H and O–H groups in total. The molecule has 0 bridgehead atoms. The third-order valence-electron chi connectivity index (χ3n) is 4.02. The van der Waals surface area contributed by atoms with Gasteiger partial charge >= 0.3 is 5.76 Å². The minimum Gasteiger partial charge on any atom is -0.388 e. The van der Waals surface area contributed by atoms with Crippen molar-refractivity contribution in [1.29, 1.82) is 0 Å². The first kappa shape index (κ1) is 15.5. The molecule has 0 spiro atoms. The summed E-state index contributed by atoms with van der Waals surface area (Å²) < 4.78 is 6.19. The van der Waals surface area contributed by atoms with E-state index >= 15 is 0 Å². The molecule has 7 heteroatoms. The van der Waals surface area contributed by atoms with Gasteiger partial charge in [0, 0.05) is 25.5 Å². The number of pyridine rings is 1. The summed E-state index contributed by atoms with van der Waals surface area (Å²) in [6, 6.07) is 3.48. The molecule has 0 unspecified atom stereocenters. The number of aromatic nitrogens is 3. The van der Waals surface area contributed by atoms with Gasteiger partial charge in [-0.3, -0.25) is 9.78 Å². The van der Waals surface area contributed by atoms with Gasteiger partial charge in [0.05, 0.1) is 5.56 Å². The number of carbonyl (C=O) groups is 1. The van der Waals surface area contributed by atoms with Crippen LogP contribution in [0.25, 0.3) is 11.5 Å².